The average Bonchev–Trinajstić information content (AvgIpc) is 3.45. The van der Waals surface area contributed by atoms with E-state index >= 15 is 0 Å². The minimum absolute atomic E-state index is 0.122. The van der Waals surface area contributed by atoms with Gasteiger partial charge >= 0.3 is 0 Å². The molecule has 7 nitrogen and oxygen atoms in total. The van der Waals surface area contributed by atoms with Crippen LogP contribution in [0.4, 0.5) is 5.82 Å². The fourth-order valence-corrected chi connectivity index (χ4v) is 6.55. The van der Waals surface area contributed by atoms with Gasteiger partial charge < -0.3 is 24.8 Å². The number of likely N-dealkylation sites (tertiary alicyclic amines) is 1. The van der Waals surface area contributed by atoms with E-state index in [1.54, 1.807) is 17.5 Å². The highest BCUT2D eigenvalue weighted by molar-refractivity contribution is 7.15. The van der Waals surface area contributed by atoms with Crippen molar-refractivity contribution in [2.45, 2.75) is 75.8 Å². The first kappa shape index (κ1) is 27.2. The summed E-state index contributed by atoms with van der Waals surface area (Å²) in [5, 5.41) is 1.21. The van der Waals surface area contributed by atoms with Crippen molar-refractivity contribution < 1.29 is 14.2 Å². The average molecular weight is 559 g/mol. The molecule has 1 unspecified atom stereocenters. The number of pyridine rings is 1. The van der Waals surface area contributed by atoms with Gasteiger partial charge in [0.15, 0.2) is 17.9 Å². The van der Waals surface area contributed by atoms with Gasteiger partial charge in [0.1, 0.15) is 12.2 Å². The lowest BCUT2D eigenvalue weighted by molar-refractivity contribution is -0.226. The molecule has 40 heavy (non-hydrogen) atoms. The molecule has 1 aliphatic carbocycles. The van der Waals surface area contributed by atoms with Gasteiger partial charge in [-0.15, -0.1) is 11.3 Å². The van der Waals surface area contributed by atoms with Gasteiger partial charge in [0.25, 0.3) is 0 Å². The van der Waals surface area contributed by atoms with Crippen LogP contribution in [-0.2, 0) is 16.1 Å². The molecular weight excluding hydrogens is 520 g/mol. The van der Waals surface area contributed by atoms with E-state index in [9.17, 15) is 0 Å². The summed E-state index contributed by atoms with van der Waals surface area (Å²) < 4.78 is 18.3. The van der Waals surface area contributed by atoms with Crippen molar-refractivity contribution in [2.75, 3.05) is 32.5 Å². The number of aromatic nitrogens is 2. The number of thiazole rings is 1. The molecule has 210 valence electrons. The van der Waals surface area contributed by atoms with E-state index in [-0.39, 0.29) is 11.9 Å². The maximum atomic E-state index is 6.33. The summed E-state index contributed by atoms with van der Waals surface area (Å²) >= 11 is 1.75. The first-order chi connectivity index (χ1) is 19.6. The maximum absolute atomic E-state index is 6.33. The minimum atomic E-state index is -0.376. The molecule has 0 spiro atoms. The lowest BCUT2D eigenvalue weighted by Crippen LogP contribution is -2.43. The number of piperidine rings is 1. The molecule has 2 aliphatic heterocycles. The molecule has 0 radical (unpaired) electrons. The highest BCUT2D eigenvalue weighted by atomic mass is 32.1. The second-order valence-electron chi connectivity index (χ2n) is 11.2. The zero-order valence-corrected chi connectivity index (χ0v) is 24.0. The zero-order chi connectivity index (χ0) is 27.4. The van der Waals surface area contributed by atoms with Crippen LogP contribution in [0.1, 0.15) is 73.4 Å². The molecular formula is C32H38N4O3S. The number of nitrogen functional groups attached to an aromatic ring is 1. The number of hydrogen-bond donors (Lipinski definition) is 1. The Morgan fingerprint density at radius 2 is 1.98 bits per heavy atom. The minimum Gasteiger partial charge on any atom is -0.485 e. The van der Waals surface area contributed by atoms with E-state index in [0.717, 1.165) is 92.6 Å². The molecule has 0 bridgehead atoms. The van der Waals surface area contributed by atoms with E-state index in [1.165, 1.54) is 5.01 Å². The first-order valence-corrected chi connectivity index (χ1v) is 15.3. The Labute approximate surface area is 241 Å². The van der Waals surface area contributed by atoms with Crippen molar-refractivity contribution in [3.63, 3.8) is 0 Å². The van der Waals surface area contributed by atoms with Gasteiger partial charge in [-0.2, -0.15) is 0 Å². The Balaban J connectivity index is 1.10. The highest BCUT2D eigenvalue weighted by Crippen LogP contribution is 2.38. The van der Waals surface area contributed by atoms with Crippen LogP contribution in [0.15, 0.2) is 42.7 Å². The number of nitrogens with zero attached hydrogens (tertiary/aromatic N) is 3. The summed E-state index contributed by atoms with van der Waals surface area (Å²) in [6.45, 7) is 3.41. The third-order valence-electron chi connectivity index (χ3n) is 8.17. The molecule has 1 aromatic carbocycles. The van der Waals surface area contributed by atoms with Crippen molar-refractivity contribution in [3.8, 4) is 28.0 Å². The predicted molar refractivity (Wildman–Crippen MR) is 158 cm³/mol. The number of hydrogen-bond acceptors (Lipinski definition) is 8. The Morgan fingerprint density at radius 1 is 1.10 bits per heavy atom. The summed E-state index contributed by atoms with van der Waals surface area (Å²) in [7, 11) is 2.18. The van der Waals surface area contributed by atoms with Crippen molar-refractivity contribution in [1.82, 2.24) is 14.9 Å². The van der Waals surface area contributed by atoms with Gasteiger partial charge in [0, 0.05) is 36.0 Å². The number of anilines is 1. The molecule has 2 aromatic heterocycles. The van der Waals surface area contributed by atoms with E-state index in [4.69, 9.17) is 24.9 Å². The molecule has 2 N–H and O–H groups in total. The third-order valence-corrected chi connectivity index (χ3v) is 9.38. The molecule has 6 rings (SSSR count). The van der Waals surface area contributed by atoms with Crippen molar-refractivity contribution in [2.24, 2.45) is 0 Å². The number of ether oxygens (including phenoxy) is 3. The Kier molecular flexibility index (Phi) is 8.35. The van der Waals surface area contributed by atoms with Crippen molar-refractivity contribution >= 4 is 17.2 Å². The van der Waals surface area contributed by atoms with E-state index in [2.05, 4.69) is 34.8 Å². The van der Waals surface area contributed by atoms with E-state index in [1.807, 2.05) is 30.5 Å². The zero-order valence-electron chi connectivity index (χ0n) is 23.2. The molecule has 2 saturated heterocycles. The summed E-state index contributed by atoms with van der Waals surface area (Å²) in [5.41, 5.74) is 8.77. The van der Waals surface area contributed by atoms with Crippen LogP contribution >= 0.6 is 11.3 Å². The van der Waals surface area contributed by atoms with Crippen molar-refractivity contribution in [3.05, 3.63) is 58.9 Å². The van der Waals surface area contributed by atoms with Crippen LogP contribution in [-0.4, -0.2) is 53.5 Å². The Morgan fingerprint density at radius 3 is 2.75 bits per heavy atom. The predicted octanol–water partition coefficient (Wildman–Crippen LogP) is 5.99. The molecule has 3 aliphatic rings. The molecule has 0 amide bonds. The van der Waals surface area contributed by atoms with Gasteiger partial charge in [-0.3, -0.25) is 0 Å². The van der Waals surface area contributed by atoms with Crippen LogP contribution in [0.3, 0.4) is 0 Å². The molecule has 3 fully saturated rings. The second-order valence-corrected chi connectivity index (χ2v) is 12.3. The fourth-order valence-electron chi connectivity index (χ4n) is 5.48. The topological polar surface area (TPSA) is 82.7 Å². The van der Waals surface area contributed by atoms with Gasteiger partial charge in [-0.25, -0.2) is 9.97 Å². The van der Waals surface area contributed by atoms with Crippen LogP contribution in [0, 0.1) is 11.8 Å². The number of nitrogens with two attached hydrogens (primary N) is 1. The number of benzene rings is 1. The second kappa shape index (κ2) is 12.3. The Bertz CT molecular complexity index is 1360. The maximum Gasteiger partial charge on any atom is 0.166 e. The largest absolute Gasteiger partial charge is 0.485 e. The SMILES string of the molecule is CN1CCC(c2ncc(-c3cnc(N)c(OCc4cccc(C#CC5(OC6CCCCO6)CCC5)c4)c3)s2)CC1. The van der Waals surface area contributed by atoms with Gasteiger partial charge in [0.05, 0.1) is 9.88 Å². The van der Waals surface area contributed by atoms with E-state index < -0.39 is 0 Å². The lowest BCUT2D eigenvalue weighted by atomic mass is 9.80. The van der Waals surface area contributed by atoms with Crippen LogP contribution in [0.2, 0.25) is 0 Å². The Hall–Kier alpha value is -2.96. The normalized spacial score (nSPS) is 21.3. The van der Waals surface area contributed by atoms with Gasteiger partial charge in [-0.05, 0) is 95.3 Å². The molecule has 4 heterocycles. The van der Waals surface area contributed by atoms with E-state index in [0.29, 0.717) is 24.1 Å². The monoisotopic (exact) mass is 558 g/mol. The van der Waals surface area contributed by atoms with Gasteiger partial charge in [0.2, 0.25) is 0 Å². The quantitative estimate of drug-likeness (QED) is 0.357. The van der Waals surface area contributed by atoms with Crippen LogP contribution in [0.25, 0.3) is 10.4 Å². The fraction of sp³-hybridized carbons (Fsp3) is 0.500. The standard InChI is InChI=1S/C32H38N4O3S/c1-36-15-10-25(11-16-36)31-35-21-28(40-31)26-19-27(30(33)34-20-26)38-22-24-7-4-6-23(18-24)9-14-32(12-5-13-32)39-29-8-2-3-17-37-29/h4,6-7,18-21,25,29H,2-3,5,8,10-13,15-17,22H2,1H3,(H2,33,34). The molecule has 8 heteroatoms. The van der Waals surface area contributed by atoms with Crippen molar-refractivity contribution in [1.29, 1.82) is 0 Å². The van der Waals surface area contributed by atoms with Crippen LogP contribution < -0.4 is 10.5 Å². The summed E-state index contributed by atoms with van der Waals surface area (Å²) in [5.74, 6) is 8.29. The summed E-state index contributed by atoms with van der Waals surface area (Å²) in [4.78, 5) is 12.6. The molecule has 1 atom stereocenters. The smallest absolute Gasteiger partial charge is 0.166 e. The lowest BCUT2D eigenvalue weighted by Gasteiger charge is -2.40. The third kappa shape index (κ3) is 6.50. The highest BCUT2D eigenvalue weighted by Gasteiger charge is 2.39. The molecule has 3 aromatic rings. The van der Waals surface area contributed by atoms with Crippen LogP contribution in [0.5, 0.6) is 5.75 Å². The first-order valence-electron chi connectivity index (χ1n) is 14.5. The summed E-state index contributed by atoms with van der Waals surface area (Å²) in [6, 6.07) is 10.1. The molecule has 1 saturated carbocycles. The number of rotatable bonds is 7. The summed E-state index contributed by atoms with van der Waals surface area (Å²) in [6.07, 6.45) is 12.3. The van der Waals surface area contributed by atoms with Gasteiger partial charge in [-0.1, -0.05) is 24.0 Å².